The van der Waals surface area contributed by atoms with E-state index in [9.17, 15) is 0 Å². The fourth-order valence-corrected chi connectivity index (χ4v) is 1.49. The van der Waals surface area contributed by atoms with Gasteiger partial charge >= 0.3 is 0 Å². The summed E-state index contributed by atoms with van der Waals surface area (Å²) in [6.45, 7) is 4.62. The molecule has 3 nitrogen and oxygen atoms in total. The maximum atomic E-state index is 9.13. The molecule has 0 saturated heterocycles. The van der Waals surface area contributed by atoms with E-state index in [-0.39, 0.29) is 6.10 Å². The molecule has 0 bridgehead atoms. The number of rotatable bonds is 4. The van der Waals surface area contributed by atoms with Crippen LogP contribution in [0.15, 0.2) is 6.20 Å². The van der Waals surface area contributed by atoms with Crippen molar-refractivity contribution in [1.29, 1.82) is 0 Å². The van der Waals surface area contributed by atoms with Crippen LogP contribution in [-0.2, 0) is 13.0 Å². The van der Waals surface area contributed by atoms with Crippen molar-refractivity contribution in [2.45, 2.75) is 39.3 Å². The van der Waals surface area contributed by atoms with Crippen LogP contribution in [-0.4, -0.2) is 21.0 Å². The molecule has 74 valence electrons. The molecule has 1 aromatic rings. The molecule has 0 saturated carbocycles. The molecule has 13 heavy (non-hydrogen) atoms. The van der Waals surface area contributed by atoms with Crippen LogP contribution in [0.5, 0.6) is 0 Å². The summed E-state index contributed by atoms with van der Waals surface area (Å²) in [7, 11) is 0. The van der Waals surface area contributed by atoms with Crippen LogP contribution in [0.3, 0.4) is 0 Å². The van der Waals surface area contributed by atoms with E-state index in [4.69, 9.17) is 16.7 Å². The Labute approximate surface area is 83.3 Å². The Kier molecular flexibility index (Phi) is 3.75. The zero-order valence-electron chi connectivity index (χ0n) is 8.00. The summed E-state index contributed by atoms with van der Waals surface area (Å²) >= 11 is 5.94. The first-order valence-electron chi connectivity index (χ1n) is 4.53. The van der Waals surface area contributed by atoms with Gasteiger partial charge in [0.1, 0.15) is 0 Å². The van der Waals surface area contributed by atoms with E-state index >= 15 is 0 Å². The Morgan fingerprint density at radius 1 is 1.69 bits per heavy atom. The van der Waals surface area contributed by atoms with E-state index in [0.29, 0.717) is 5.02 Å². The Bertz CT molecular complexity index is 271. The fraction of sp³-hybridized carbons (Fsp3) is 0.667. The molecule has 0 spiro atoms. The van der Waals surface area contributed by atoms with Gasteiger partial charge in [-0.25, -0.2) is 0 Å². The van der Waals surface area contributed by atoms with E-state index in [1.54, 1.807) is 13.1 Å². The number of hydrogen-bond donors (Lipinski definition) is 1. The molecule has 0 aromatic carbocycles. The van der Waals surface area contributed by atoms with Crippen molar-refractivity contribution in [1.82, 2.24) is 9.78 Å². The van der Waals surface area contributed by atoms with Gasteiger partial charge in [0.25, 0.3) is 0 Å². The highest BCUT2D eigenvalue weighted by Crippen LogP contribution is 2.17. The average molecular weight is 203 g/mol. The monoisotopic (exact) mass is 202 g/mol. The van der Waals surface area contributed by atoms with Crippen molar-refractivity contribution in [2.75, 3.05) is 0 Å². The summed E-state index contributed by atoms with van der Waals surface area (Å²) in [6.07, 6.45) is 2.88. The van der Waals surface area contributed by atoms with Crippen molar-refractivity contribution >= 4 is 11.6 Å². The first-order chi connectivity index (χ1) is 6.15. The molecule has 0 radical (unpaired) electrons. The second kappa shape index (κ2) is 4.63. The van der Waals surface area contributed by atoms with Gasteiger partial charge in [-0.1, -0.05) is 11.6 Å². The number of halogens is 1. The number of aliphatic hydroxyl groups is 1. The van der Waals surface area contributed by atoms with Crippen LogP contribution < -0.4 is 0 Å². The maximum absolute atomic E-state index is 9.13. The summed E-state index contributed by atoms with van der Waals surface area (Å²) in [4.78, 5) is 0. The molecule has 0 fully saturated rings. The van der Waals surface area contributed by atoms with Gasteiger partial charge in [0.2, 0.25) is 0 Å². The zero-order valence-corrected chi connectivity index (χ0v) is 8.75. The van der Waals surface area contributed by atoms with E-state index in [0.717, 1.165) is 25.1 Å². The summed E-state index contributed by atoms with van der Waals surface area (Å²) < 4.78 is 1.87. The molecule has 0 amide bonds. The van der Waals surface area contributed by atoms with Crippen molar-refractivity contribution in [2.24, 2.45) is 0 Å². The minimum Gasteiger partial charge on any atom is -0.393 e. The quantitative estimate of drug-likeness (QED) is 0.810. The van der Waals surface area contributed by atoms with Crippen LogP contribution in [0.4, 0.5) is 0 Å². The topological polar surface area (TPSA) is 38.0 Å². The van der Waals surface area contributed by atoms with Crippen LogP contribution in [0.25, 0.3) is 0 Å². The second-order valence-corrected chi connectivity index (χ2v) is 3.55. The molecule has 1 rings (SSSR count). The Morgan fingerprint density at radius 2 is 2.38 bits per heavy atom. The van der Waals surface area contributed by atoms with Crippen LogP contribution in [0.2, 0.25) is 5.02 Å². The lowest BCUT2D eigenvalue weighted by atomic mass is 10.2. The maximum Gasteiger partial charge on any atom is 0.0817 e. The number of aromatic nitrogens is 2. The average Bonchev–Trinajstić information content (AvgIpc) is 2.43. The van der Waals surface area contributed by atoms with Gasteiger partial charge in [0.15, 0.2) is 0 Å². The number of aryl methyl sites for hydroxylation is 1. The molecular formula is C9H15ClN2O. The Balaban J connectivity index is 2.68. The molecule has 4 heteroatoms. The minimum absolute atomic E-state index is 0.281. The predicted molar refractivity (Wildman–Crippen MR) is 52.9 cm³/mol. The highest BCUT2D eigenvalue weighted by molar-refractivity contribution is 6.31. The van der Waals surface area contributed by atoms with Gasteiger partial charge in [-0.3, -0.25) is 4.68 Å². The normalized spacial score (nSPS) is 13.2. The molecule has 0 aliphatic carbocycles. The molecule has 1 N–H and O–H groups in total. The number of hydrogen-bond acceptors (Lipinski definition) is 2. The second-order valence-electron chi connectivity index (χ2n) is 3.14. The van der Waals surface area contributed by atoms with E-state index in [1.807, 2.05) is 11.6 Å². The molecular weight excluding hydrogens is 188 g/mol. The summed E-state index contributed by atoms with van der Waals surface area (Å²) in [6, 6.07) is 0. The summed E-state index contributed by atoms with van der Waals surface area (Å²) in [5.41, 5.74) is 1.02. The van der Waals surface area contributed by atoms with E-state index < -0.39 is 0 Å². The van der Waals surface area contributed by atoms with Gasteiger partial charge in [-0.05, 0) is 26.7 Å². The lowest BCUT2D eigenvalue weighted by molar-refractivity contribution is 0.184. The van der Waals surface area contributed by atoms with E-state index in [2.05, 4.69) is 5.10 Å². The first kappa shape index (κ1) is 10.5. The van der Waals surface area contributed by atoms with Gasteiger partial charge in [-0.2, -0.15) is 5.10 Å². The minimum atomic E-state index is -0.281. The Hall–Kier alpha value is -0.540. The summed E-state index contributed by atoms with van der Waals surface area (Å²) in [5.74, 6) is 0. The lowest BCUT2D eigenvalue weighted by Crippen LogP contribution is -2.07. The third kappa shape index (κ3) is 2.71. The third-order valence-corrected chi connectivity index (χ3v) is 2.31. The molecule has 1 unspecified atom stereocenters. The third-order valence-electron chi connectivity index (χ3n) is 2.00. The van der Waals surface area contributed by atoms with Gasteiger partial charge in [-0.15, -0.1) is 0 Å². The standard InChI is InChI=1S/C9H15ClN2O/c1-3-12-9(5-4-7(2)13)8(10)6-11-12/h6-7,13H,3-5H2,1-2H3. The van der Waals surface area contributed by atoms with Gasteiger partial charge in [0.05, 0.1) is 23.0 Å². The van der Waals surface area contributed by atoms with Crippen molar-refractivity contribution in [3.63, 3.8) is 0 Å². The molecule has 1 aromatic heterocycles. The van der Waals surface area contributed by atoms with Crippen LogP contribution in [0, 0.1) is 0 Å². The van der Waals surface area contributed by atoms with Crippen LogP contribution >= 0.6 is 11.6 Å². The van der Waals surface area contributed by atoms with Crippen molar-refractivity contribution in [3.05, 3.63) is 16.9 Å². The smallest absolute Gasteiger partial charge is 0.0817 e. The SMILES string of the molecule is CCn1ncc(Cl)c1CCC(C)O. The predicted octanol–water partition coefficient (Wildman–Crippen LogP) is 1.87. The first-order valence-corrected chi connectivity index (χ1v) is 4.91. The van der Waals surface area contributed by atoms with E-state index in [1.165, 1.54) is 0 Å². The fourth-order valence-electron chi connectivity index (χ4n) is 1.25. The molecule has 0 aliphatic rings. The Morgan fingerprint density at radius 3 is 2.92 bits per heavy atom. The van der Waals surface area contributed by atoms with Crippen molar-refractivity contribution in [3.8, 4) is 0 Å². The number of aliphatic hydroxyl groups excluding tert-OH is 1. The highest BCUT2D eigenvalue weighted by atomic mass is 35.5. The van der Waals surface area contributed by atoms with Gasteiger partial charge < -0.3 is 5.11 Å². The van der Waals surface area contributed by atoms with Gasteiger partial charge in [0, 0.05) is 6.54 Å². The number of nitrogens with zero attached hydrogens (tertiary/aromatic N) is 2. The highest BCUT2D eigenvalue weighted by Gasteiger charge is 2.08. The lowest BCUT2D eigenvalue weighted by Gasteiger charge is -2.06. The zero-order chi connectivity index (χ0) is 9.84. The van der Waals surface area contributed by atoms with Crippen LogP contribution in [0.1, 0.15) is 26.0 Å². The summed E-state index contributed by atoms with van der Waals surface area (Å²) in [5, 5.41) is 13.9. The largest absolute Gasteiger partial charge is 0.393 e. The molecule has 0 aliphatic heterocycles. The molecule has 1 atom stereocenters. The molecule has 1 heterocycles. The van der Waals surface area contributed by atoms with Crippen molar-refractivity contribution < 1.29 is 5.11 Å².